The maximum Gasteiger partial charge on any atom is 0.212 e. The van der Waals surface area contributed by atoms with Gasteiger partial charge < -0.3 is 5.84 Å². The second-order valence-corrected chi connectivity index (χ2v) is 2.32. The maximum atomic E-state index is 12.6. The van der Waals surface area contributed by atoms with Crippen molar-refractivity contribution in [2.75, 3.05) is 5.84 Å². The Morgan fingerprint density at radius 1 is 1.70 bits per heavy atom. The van der Waals surface area contributed by atoms with Gasteiger partial charge in [0.05, 0.1) is 0 Å². The smallest absolute Gasteiger partial charge is 0.212 e. The molecule has 0 saturated heterocycles. The SMILES string of the molecule is CCc1c(C)cc(F)n1N. The summed E-state index contributed by atoms with van der Waals surface area (Å²) in [4.78, 5) is 0. The number of aromatic nitrogens is 1. The van der Waals surface area contributed by atoms with E-state index in [1.165, 1.54) is 6.07 Å². The first-order valence-corrected chi connectivity index (χ1v) is 3.28. The molecule has 0 amide bonds. The predicted octanol–water partition coefficient (Wildman–Crippen LogP) is 1.21. The average molecular weight is 142 g/mol. The molecular weight excluding hydrogens is 131 g/mol. The highest BCUT2D eigenvalue weighted by Crippen LogP contribution is 2.10. The molecular formula is C7H11FN2. The molecule has 0 aliphatic carbocycles. The largest absolute Gasteiger partial charge is 0.337 e. The van der Waals surface area contributed by atoms with E-state index in [0.717, 1.165) is 22.4 Å². The first kappa shape index (κ1) is 7.12. The van der Waals surface area contributed by atoms with Crippen LogP contribution in [0.4, 0.5) is 4.39 Å². The number of nitrogens with two attached hydrogens (primary N) is 1. The van der Waals surface area contributed by atoms with Gasteiger partial charge >= 0.3 is 0 Å². The summed E-state index contributed by atoms with van der Waals surface area (Å²) >= 11 is 0. The fraction of sp³-hybridized carbons (Fsp3) is 0.429. The summed E-state index contributed by atoms with van der Waals surface area (Å²) in [5, 5.41) is 0. The lowest BCUT2D eigenvalue weighted by atomic mass is 10.2. The van der Waals surface area contributed by atoms with E-state index in [4.69, 9.17) is 5.84 Å². The number of nitrogen functional groups attached to an aromatic ring is 1. The van der Waals surface area contributed by atoms with E-state index in [0.29, 0.717) is 0 Å². The highest BCUT2D eigenvalue weighted by molar-refractivity contribution is 5.21. The summed E-state index contributed by atoms with van der Waals surface area (Å²) in [5.41, 5.74) is 1.78. The molecule has 1 heterocycles. The molecule has 0 bridgehead atoms. The van der Waals surface area contributed by atoms with Crippen molar-refractivity contribution < 1.29 is 4.39 Å². The molecule has 1 rings (SSSR count). The summed E-state index contributed by atoms with van der Waals surface area (Å²) < 4.78 is 13.7. The quantitative estimate of drug-likeness (QED) is 0.587. The Kier molecular flexibility index (Phi) is 1.66. The Hall–Kier alpha value is -0.990. The Morgan fingerprint density at radius 2 is 2.30 bits per heavy atom. The van der Waals surface area contributed by atoms with E-state index in [-0.39, 0.29) is 5.95 Å². The molecule has 1 aromatic heterocycles. The van der Waals surface area contributed by atoms with Crippen molar-refractivity contribution in [1.29, 1.82) is 0 Å². The highest BCUT2D eigenvalue weighted by Gasteiger charge is 2.06. The predicted molar refractivity (Wildman–Crippen MR) is 38.7 cm³/mol. The number of nitrogens with zero attached hydrogens (tertiary/aromatic N) is 1. The first-order valence-electron chi connectivity index (χ1n) is 3.28. The molecule has 0 radical (unpaired) electrons. The van der Waals surface area contributed by atoms with Crippen molar-refractivity contribution in [3.05, 3.63) is 23.3 Å². The van der Waals surface area contributed by atoms with E-state index in [9.17, 15) is 4.39 Å². The van der Waals surface area contributed by atoms with Gasteiger partial charge in [-0.25, -0.2) is 4.68 Å². The molecule has 1 aromatic rings. The van der Waals surface area contributed by atoms with Crippen LogP contribution in [0.2, 0.25) is 0 Å². The monoisotopic (exact) mass is 142 g/mol. The zero-order valence-electron chi connectivity index (χ0n) is 6.19. The Morgan fingerprint density at radius 3 is 2.50 bits per heavy atom. The van der Waals surface area contributed by atoms with Crippen molar-refractivity contribution in [1.82, 2.24) is 4.68 Å². The summed E-state index contributed by atoms with van der Waals surface area (Å²) in [6, 6.07) is 1.44. The van der Waals surface area contributed by atoms with Gasteiger partial charge in [-0.15, -0.1) is 0 Å². The van der Waals surface area contributed by atoms with Gasteiger partial charge in [0.2, 0.25) is 5.95 Å². The van der Waals surface area contributed by atoms with Crippen LogP contribution in [-0.4, -0.2) is 4.68 Å². The van der Waals surface area contributed by atoms with E-state index in [2.05, 4.69) is 0 Å². The Bertz CT molecular complexity index is 240. The van der Waals surface area contributed by atoms with Crippen LogP contribution in [0, 0.1) is 12.9 Å². The lowest BCUT2D eigenvalue weighted by molar-refractivity contribution is 0.541. The second-order valence-electron chi connectivity index (χ2n) is 2.32. The third kappa shape index (κ3) is 0.875. The van der Waals surface area contributed by atoms with Gasteiger partial charge in [-0.3, -0.25) is 0 Å². The van der Waals surface area contributed by atoms with Crippen molar-refractivity contribution in [2.24, 2.45) is 0 Å². The van der Waals surface area contributed by atoms with Crippen LogP contribution in [0.15, 0.2) is 6.07 Å². The minimum Gasteiger partial charge on any atom is -0.337 e. The van der Waals surface area contributed by atoms with E-state index < -0.39 is 0 Å². The maximum absolute atomic E-state index is 12.6. The zero-order chi connectivity index (χ0) is 7.72. The molecule has 56 valence electrons. The Labute approximate surface area is 59.4 Å². The average Bonchev–Trinajstić information content (AvgIpc) is 2.09. The number of rotatable bonds is 1. The van der Waals surface area contributed by atoms with Crippen LogP contribution < -0.4 is 5.84 Å². The summed E-state index contributed by atoms with van der Waals surface area (Å²) in [5.74, 6) is 4.99. The highest BCUT2D eigenvalue weighted by atomic mass is 19.1. The van der Waals surface area contributed by atoms with Crippen molar-refractivity contribution in [3.63, 3.8) is 0 Å². The van der Waals surface area contributed by atoms with Gasteiger partial charge in [-0.2, -0.15) is 4.39 Å². The first-order chi connectivity index (χ1) is 4.66. The molecule has 0 atom stereocenters. The molecule has 0 saturated carbocycles. The molecule has 0 aliphatic heterocycles. The fourth-order valence-electron chi connectivity index (χ4n) is 1.10. The third-order valence-electron chi connectivity index (χ3n) is 1.65. The normalized spacial score (nSPS) is 10.3. The van der Waals surface area contributed by atoms with E-state index in [1.807, 2.05) is 13.8 Å². The van der Waals surface area contributed by atoms with Gasteiger partial charge in [0, 0.05) is 5.69 Å². The molecule has 3 heteroatoms. The number of halogens is 1. The molecule has 10 heavy (non-hydrogen) atoms. The fourth-order valence-corrected chi connectivity index (χ4v) is 1.10. The number of hydrogen-bond donors (Lipinski definition) is 1. The van der Waals surface area contributed by atoms with Crippen molar-refractivity contribution >= 4 is 0 Å². The van der Waals surface area contributed by atoms with Crippen molar-refractivity contribution in [2.45, 2.75) is 20.3 Å². The minimum absolute atomic E-state index is 0.366. The molecule has 0 aliphatic rings. The minimum atomic E-state index is -0.366. The van der Waals surface area contributed by atoms with Crippen LogP contribution >= 0.6 is 0 Å². The molecule has 0 spiro atoms. The van der Waals surface area contributed by atoms with Crippen LogP contribution in [0.3, 0.4) is 0 Å². The molecule has 0 aromatic carbocycles. The molecule has 0 unspecified atom stereocenters. The van der Waals surface area contributed by atoms with Gasteiger partial charge in [0.25, 0.3) is 0 Å². The summed E-state index contributed by atoms with van der Waals surface area (Å²) in [7, 11) is 0. The Balaban J connectivity index is 3.20. The van der Waals surface area contributed by atoms with Crippen LogP contribution in [-0.2, 0) is 6.42 Å². The zero-order valence-corrected chi connectivity index (χ0v) is 6.19. The summed E-state index contributed by atoms with van der Waals surface area (Å²) in [6.07, 6.45) is 0.770. The molecule has 2 N–H and O–H groups in total. The van der Waals surface area contributed by atoms with Gasteiger partial charge in [0.15, 0.2) is 0 Å². The lowest BCUT2D eigenvalue weighted by Crippen LogP contribution is -2.14. The second kappa shape index (κ2) is 2.33. The number of aryl methyl sites for hydroxylation is 1. The van der Waals surface area contributed by atoms with Crippen LogP contribution in [0.5, 0.6) is 0 Å². The molecule has 0 fully saturated rings. The van der Waals surface area contributed by atoms with Crippen LogP contribution in [0.1, 0.15) is 18.2 Å². The molecule has 2 nitrogen and oxygen atoms in total. The van der Waals surface area contributed by atoms with E-state index >= 15 is 0 Å². The van der Waals surface area contributed by atoms with Crippen LogP contribution in [0.25, 0.3) is 0 Å². The topological polar surface area (TPSA) is 30.9 Å². The van der Waals surface area contributed by atoms with E-state index in [1.54, 1.807) is 0 Å². The third-order valence-corrected chi connectivity index (χ3v) is 1.65. The van der Waals surface area contributed by atoms with Crippen molar-refractivity contribution in [3.8, 4) is 0 Å². The van der Waals surface area contributed by atoms with Gasteiger partial charge in [-0.05, 0) is 25.0 Å². The standard InChI is InChI=1S/C7H11FN2/c1-3-6-5(2)4-7(8)10(6)9/h4H,3,9H2,1-2H3. The van der Waals surface area contributed by atoms with Gasteiger partial charge in [0.1, 0.15) is 0 Å². The number of hydrogen-bond acceptors (Lipinski definition) is 1. The summed E-state index contributed by atoms with van der Waals surface area (Å²) in [6.45, 7) is 3.80. The van der Waals surface area contributed by atoms with Gasteiger partial charge in [-0.1, -0.05) is 6.92 Å². The lowest BCUT2D eigenvalue weighted by Gasteiger charge is -1.99.